The van der Waals surface area contributed by atoms with Gasteiger partial charge in [-0.3, -0.25) is 0 Å². The molecule has 0 fully saturated rings. The fourth-order valence-electron chi connectivity index (χ4n) is 2.78. The lowest BCUT2D eigenvalue weighted by molar-refractivity contribution is 0.357. The lowest BCUT2D eigenvalue weighted by atomic mass is 10.1. The molecule has 3 rings (SSSR count). The van der Waals surface area contributed by atoms with Gasteiger partial charge in [-0.1, -0.05) is 12.1 Å². The Labute approximate surface area is 148 Å². The predicted octanol–water partition coefficient (Wildman–Crippen LogP) is 3.29. The van der Waals surface area contributed by atoms with E-state index < -0.39 is 0 Å². The van der Waals surface area contributed by atoms with Crippen LogP contribution < -0.4 is 15.4 Å². The minimum absolute atomic E-state index is 0.731. The molecule has 0 saturated carbocycles. The molecular formula is C19H25N3OS. The normalized spacial score (nSPS) is 13.5. The summed E-state index contributed by atoms with van der Waals surface area (Å²) in [6.07, 6.45) is 2.01. The molecule has 2 N–H and O–H groups in total. The van der Waals surface area contributed by atoms with Crippen LogP contribution in [0.15, 0.2) is 34.6 Å². The number of aliphatic imine (C=N–C) groups is 1. The first-order valence-corrected chi connectivity index (χ1v) is 9.44. The van der Waals surface area contributed by atoms with Crippen molar-refractivity contribution in [1.29, 1.82) is 0 Å². The number of ether oxygens (including phenoxy) is 1. The van der Waals surface area contributed by atoms with Crippen LogP contribution in [0.4, 0.5) is 0 Å². The first-order valence-electron chi connectivity index (χ1n) is 8.56. The molecule has 24 heavy (non-hydrogen) atoms. The number of hydrogen-bond donors (Lipinski definition) is 2. The Morgan fingerprint density at radius 2 is 2.21 bits per heavy atom. The van der Waals surface area contributed by atoms with Gasteiger partial charge in [-0.15, -0.1) is 11.3 Å². The predicted molar refractivity (Wildman–Crippen MR) is 101 cm³/mol. The van der Waals surface area contributed by atoms with Crippen LogP contribution in [0.5, 0.6) is 5.75 Å². The molecule has 0 amide bonds. The SMILES string of the molecule is CCNC(=NCc1sccc1C)NCCc1ccc2c(c1)CCO2. The molecule has 0 radical (unpaired) electrons. The Hall–Kier alpha value is -2.01. The standard InChI is InChI=1S/C19H25N3OS/c1-3-20-19(22-13-18-14(2)8-11-24-18)21-9-6-15-4-5-17-16(12-15)7-10-23-17/h4-5,8,11-12H,3,6-7,9-10,13H2,1-2H3,(H2,20,21,22). The molecule has 0 aliphatic carbocycles. The van der Waals surface area contributed by atoms with Gasteiger partial charge in [0.2, 0.25) is 0 Å². The number of benzene rings is 1. The van der Waals surface area contributed by atoms with Gasteiger partial charge in [-0.05, 0) is 54.5 Å². The van der Waals surface area contributed by atoms with Gasteiger partial charge in [-0.2, -0.15) is 0 Å². The van der Waals surface area contributed by atoms with Crippen LogP contribution in [0.25, 0.3) is 0 Å². The first-order chi connectivity index (χ1) is 11.8. The summed E-state index contributed by atoms with van der Waals surface area (Å²) in [5.74, 6) is 1.93. The number of rotatable bonds is 6. The molecular weight excluding hydrogens is 318 g/mol. The molecule has 0 saturated heterocycles. The quantitative estimate of drug-likeness (QED) is 0.625. The van der Waals surface area contributed by atoms with Crippen LogP contribution in [0.1, 0.15) is 28.5 Å². The van der Waals surface area contributed by atoms with E-state index in [0.717, 1.165) is 50.8 Å². The van der Waals surface area contributed by atoms with Crippen LogP contribution >= 0.6 is 11.3 Å². The highest BCUT2D eigenvalue weighted by Gasteiger charge is 2.11. The van der Waals surface area contributed by atoms with E-state index in [-0.39, 0.29) is 0 Å². The smallest absolute Gasteiger partial charge is 0.191 e. The van der Waals surface area contributed by atoms with E-state index in [0.29, 0.717) is 0 Å². The number of hydrogen-bond acceptors (Lipinski definition) is 3. The van der Waals surface area contributed by atoms with Gasteiger partial charge in [0.05, 0.1) is 13.2 Å². The topological polar surface area (TPSA) is 45.7 Å². The molecule has 1 aromatic heterocycles. The Bertz CT molecular complexity index is 708. The van der Waals surface area contributed by atoms with Crippen molar-refractivity contribution in [1.82, 2.24) is 10.6 Å². The summed E-state index contributed by atoms with van der Waals surface area (Å²) in [5, 5.41) is 8.87. The number of nitrogens with zero attached hydrogens (tertiary/aromatic N) is 1. The lowest BCUT2D eigenvalue weighted by Gasteiger charge is -2.11. The Kier molecular flexibility index (Phi) is 5.75. The van der Waals surface area contributed by atoms with Gasteiger partial charge >= 0.3 is 0 Å². The second-order valence-corrected chi connectivity index (χ2v) is 6.94. The van der Waals surface area contributed by atoms with Crippen LogP contribution in [-0.4, -0.2) is 25.7 Å². The number of nitrogens with one attached hydrogen (secondary N) is 2. The summed E-state index contributed by atoms with van der Waals surface area (Å²) in [6.45, 7) is 7.51. The van der Waals surface area contributed by atoms with Gasteiger partial charge in [0.1, 0.15) is 5.75 Å². The van der Waals surface area contributed by atoms with Gasteiger partial charge in [0.15, 0.2) is 5.96 Å². The molecule has 2 heterocycles. The molecule has 0 atom stereocenters. The van der Waals surface area contributed by atoms with Gasteiger partial charge in [0.25, 0.3) is 0 Å². The number of guanidine groups is 1. The van der Waals surface area contributed by atoms with E-state index in [9.17, 15) is 0 Å². The van der Waals surface area contributed by atoms with Crippen LogP contribution in [0.2, 0.25) is 0 Å². The van der Waals surface area contributed by atoms with Crippen molar-refractivity contribution in [2.75, 3.05) is 19.7 Å². The van der Waals surface area contributed by atoms with Crippen molar-refractivity contribution in [2.45, 2.75) is 33.2 Å². The van der Waals surface area contributed by atoms with E-state index in [4.69, 9.17) is 9.73 Å². The Morgan fingerprint density at radius 3 is 3.00 bits per heavy atom. The molecule has 1 aliphatic heterocycles. The number of aryl methyl sites for hydroxylation is 1. The summed E-state index contributed by atoms with van der Waals surface area (Å²) in [6, 6.07) is 8.66. The van der Waals surface area contributed by atoms with E-state index in [1.54, 1.807) is 11.3 Å². The zero-order chi connectivity index (χ0) is 16.8. The second-order valence-electron chi connectivity index (χ2n) is 5.94. The van der Waals surface area contributed by atoms with E-state index >= 15 is 0 Å². The molecule has 0 unspecified atom stereocenters. The fraction of sp³-hybridized carbons (Fsp3) is 0.421. The summed E-state index contributed by atoms with van der Waals surface area (Å²) >= 11 is 1.77. The van der Waals surface area contributed by atoms with Crippen molar-refractivity contribution >= 4 is 17.3 Å². The molecule has 2 aromatic rings. The van der Waals surface area contributed by atoms with E-state index in [2.05, 4.69) is 54.1 Å². The summed E-state index contributed by atoms with van der Waals surface area (Å²) in [5.41, 5.74) is 4.00. The van der Waals surface area contributed by atoms with Crippen molar-refractivity contribution in [2.24, 2.45) is 4.99 Å². The Morgan fingerprint density at radius 1 is 1.29 bits per heavy atom. The third kappa shape index (κ3) is 4.29. The molecule has 0 spiro atoms. The number of fused-ring (bicyclic) bond motifs is 1. The van der Waals surface area contributed by atoms with E-state index in [1.807, 2.05) is 0 Å². The fourth-order valence-corrected chi connectivity index (χ4v) is 3.61. The van der Waals surface area contributed by atoms with Gasteiger partial charge in [0, 0.05) is 24.4 Å². The lowest BCUT2D eigenvalue weighted by Crippen LogP contribution is -2.38. The minimum Gasteiger partial charge on any atom is -0.493 e. The minimum atomic E-state index is 0.731. The van der Waals surface area contributed by atoms with Crippen LogP contribution in [-0.2, 0) is 19.4 Å². The summed E-state index contributed by atoms with van der Waals surface area (Å²) < 4.78 is 5.56. The average Bonchev–Trinajstić information content (AvgIpc) is 3.21. The second kappa shape index (κ2) is 8.20. The maximum atomic E-state index is 5.56. The van der Waals surface area contributed by atoms with Crippen molar-refractivity contribution in [3.8, 4) is 5.75 Å². The molecule has 4 nitrogen and oxygen atoms in total. The molecule has 128 valence electrons. The highest BCUT2D eigenvalue weighted by atomic mass is 32.1. The number of thiophene rings is 1. The van der Waals surface area contributed by atoms with Crippen LogP contribution in [0.3, 0.4) is 0 Å². The highest BCUT2D eigenvalue weighted by Crippen LogP contribution is 2.25. The van der Waals surface area contributed by atoms with Crippen LogP contribution in [0, 0.1) is 6.92 Å². The maximum Gasteiger partial charge on any atom is 0.191 e. The zero-order valence-electron chi connectivity index (χ0n) is 14.4. The summed E-state index contributed by atoms with van der Waals surface area (Å²) in [4.78, 5) is 6.02. The van der Waals surface area contributed by atoms with Gasteiger partial charge < -0.3 is 15.4 Å². The largest absolute Gasteiger partial charge is 0.493 e. The monoisotopic (exact) mass is 343 g/mol. The molecule has 0 bridgehead atoms. The highest BCUT2D eigenvalue weighted by molar-refractivity contribution is 7.10. The third-order valence-corrected chi connectivity index (χ3v) is 5.16. The Balaban J connectivity index is 1.53. The van der Waals surface area contributed by atoms with E-state index in [1.165, 1.54) is 21.6 Å². The maximum absolute atomic E-state index is 5.56. The van der Waals surface area contributed by atoms with Crippen molar-refractivity contribution < 1.29 is 4.74 Å². The third-order valence-electron chi connectivity index (χ3n) is 4.15. The van der Waals surface area contributed by atoms with Crippen molar-refractivity contribution in [3.05, 3.63) is 51.2 Å². The first kappa shape index (κ1) is 16.8. The van der Waals surface area contributed by atoms with Gasteiger partial charge in [-0.25, -0.2) is 4.99 Å². The van der Waals surface area contributed by atoms with Crippen molar-refractivity contribution in [3.63, 3.8) is 0 Å². The molecule has 1 aromatic carbocycles. The molecule has 5 heteroatoms. The zero-order valence-corrected chi connectivity index (χ0v) is 15.2. The molecule has 1 aliphatic rings. The average molecular weight is 343 g/mol. The summed E-state index contributed by atoms with van der Waals surface area (Å²) in [7, 11) is 0.